The fraction of sp³-hybridized carbons (Fsp3) is 0.417. The molecule has 0 heterocycles. The number of hydrogen-bond acceptors (Lipinski definition) is 2. The Kier molecular flexibility index (Phi) is 4.79. The van der Waals surface area contributed by atoms with Gasteiger partial charge in [0.1, 0.15) is 5.78 Å². The molecule has 82 valence electrons. The van der Waals surface area contributed by atoms with E-state index in [1.807, 2.05) is 25.1 Å². The highest BCUT2D eigenvalue weighted by Gasteiger charge is 2.13. The summed E-state index contributed by atoms with van der Waals surface area (Å²) >= 11 is 5.97. The van der Waals surface area contributed by atoms with Gasteiger partial charge in [0.25, 0.3) is 0 Å². The number of Topliss-reactive ketones (excluding diaryl/α,β-unsaturated/α-hetero) is 1. The first-order valence-electron chi connectivity index (χ1n) is 5.11. The van der Waals surface area contributed by atoms with Crippen LogP contribution in [-0.4, -0.2) is 12.3 Å². The highest BCUT2D eigenvalue weighted by atomic mass is 35.5. The van der Waals surface area contributed by atoms with Crippen LogP contribution < -0.4 is 5.73 Å². The van der Waals surface area contributed by atoms with Crippen molar-refractivity contribution in [3.05, 3.63) is 34.9 Å². The second-order valence-electron chi connectivity index (χ2n) is 3.71. The van der Waals surface area contributed by atoms with E-state index in [1.165, 1.54) is 0 Å². The van der Waals surface area contributed by atoms with Gasteiger partial charge in [-0.05, 0) is 24.6 Å². The Bertz CT molecular complexity index is 338. The maximum Gasteiger partial charge on any atom is 0.140 e. The van der Waals surface area contributed by atoms with Gasteiger partial charge >= 0.3 is 0 Å². The molecule has 1 atom stereocenters. The summed E-state index contributed by atoms with van der Waals surface area (Å²) in [6.07, 6.45) is 1.14. The van der Waals surface area contributed by atoms with Crippen molar-refractivity contribution < 1.29 is 4.79 Å². The minimum absolute atomic E-state index is 0.0197. The fourth-order valence-electron chi connectivity index (χ4n) is 1.41. The van der Waals surface area contributed by atoms with Crippen LogP contribution in [0.2, 0.25) is 5.02 Å². The smallest absolute Gasteiger partial charge is 0.140 e. The molecule has 1 aromatic rings. The summed E-state index contributed by atoms with van der Waals surface area (Å²) in [4.78, 5) is 11.7. The summed E-state index contributed by atoms with van der Waals surface area (Å²) in [5.41, 5.74) is 6.31. The van der Waals surface area contributed by atoms with Crippen LogP contribution in [0.1, 0.15) is 18.9 Å². The Morgan fingerprint density at radius 3 is 2.73 bits per heavy atom. The molecule has 0 saturated heterocycles. The van der Waals surface area contributed by atoms with Gasteiger partial charge in [-0.2, -0.15) is 0 Å². The van der Waals surface area contributed by atoms with Crippen molar-refractivity contribution in [2.24, 2.45) is 11.7 Å². The minimum Gasteiger partial charge on any atom is -0.330 e. The van der Waals surface area contributed by atoms with Crippen LogP contribution in [0.3, 0.4) is 0 Å². The molecular formula is C12H16ClNO. The number of hydrogen-bond donors (Lipinski definition) is 1. The van der Waals surface area contributed by atoms with Crippen LogP contribution in [0.15, 0.2) is 24.3 Å². The minimum atomic E-state index is 0.0197. The van der Waals surface area contributed by atoms with Gasteiger partial charge in [0.2, 0.25) is 0 Å². The van der Waals surface area contributed by atoms with Gasteiger partial charge in [0, 0.05) is 17.4 Å². The lowest BCUT2D eigenvalue weighted by Gasteiger charge is -2.09. The van der Waals surface area contributed by atoms with E-state index in [4.69, 9.17) is 17.3 Å². The van der Waals surface area contributed by atoms with E-state index in [2.05, 4.69) is 0 Å². The molecular weight excluding hydrogens is 210 g/mol. The number of benzene rings is 1. The molecule has 0 aliphatic rings. The molecule has 15 heavy (non-hydrogen) atoms. The molecule has 1 rings (SSSR count). The second-order valence-corrected chi connectivity index (χ2v) is 4.12. The lowest BCUT2D eigenvalue weighted by atomic mass is 9.97. The number of carbonyl (C=O) groups excluding carboxylic acids is 1. The average Bonchev–Trinajstić information content (AvgIpc) is 2.21. The Morgan fingerprint density at radius 1 is 1.47 bits per heavy atom. The summed E-state index contributed by atoms with van der Waals surface area (Å²) in [5.74, 6) is 0.222. The van der Waals surface area contributed by atoms with Crippen molar-refractivity contribution in [3.63, 3.8) is 0 Å². The van der Waals surface area contributed by atoms with Crippen molar-refractivity contribution in [1.82, 2.24) is 0 Å². The van der Waals surface area contributed by atoms with Gasteiger partial charge < -0.3 is 5.73 Å². The summed E-state index contributed by atoms with van der Waals surface area (Å²) in [6.45, 7) is 2.46. The molecule has 0 aromatic heterocycles. The van der Waals surface area contributed by atoms with Crippen LogP contribution >= 0.6 is 11.6 Å². The Labute approximate surface area is 95.4 Å². The maximum atomic E-state index is 11.7. The Morgan fingerprint density at radius 2 is 2.13 bits per heavy atom. The van der Waals surface area contributed by atoms with E-state index >= 15 is 0 Å². The van der Waals surface area contributed by atoms with E-state index in [0.29, 0.717) is 18.0 Å². The van der Waals surface area contributed by atoms with Gasteiger partial charge in [0.05, 0.1) is 0 Å². The van der Waals surface area contributed by atoms with Gasteiger partial charge in [-0.1, -0.05) is 36.7 Å². The lowest BCUT2D eigenvalue weighted by Crippen LogP contribution is -2.17. The molecule has 3 heteroatoms. The molecule has 0 spiro atoms. The summed E-state index contributed by atoms with van der Waals surface area (Å²) in [7, 11) is 0. The van der Waals surface area contributed by atoms with E-state index in [-0.39, 0.29) is 11.7 Å². The van der Waals surface area contributed by atoms with Gasteiger partial charge in [-0.15, -0.1) is 0 Å². The number of rotatable bonds is 5. The third-order valence-electron chi connectivity index (χ3n) is 2.47. The standard InChI is InChI=1S/C12H16ClNO/c1-9(6-7-14)12(15)8-10-4-2-3-5-11(10)13/h2-5,9H,6-8,14H2,1H3. The molecule has 0 aliphatic heterocycles. The molecule has 0 bridgehead atoms. The topological polar surface area (TPSA) is 43.1 Å². The van der Waals surface area contributed by atoms with Crippen molar-refractivity contribution in [2.45, 2.75) is 19.8 Å². The van der Waals surface area contributed by atoms with Crippen LogP contribution in [0, 0.1) is 5.92 Å². The van der Waals surface area contributed by atoms with Crippen molar-refractivity contribution in [1.29, 1.82) is 0 Å². The first-order valence-corrected chi connectivity index (χ1v) is 5.49. The Balaban J connectivity index is 2.62. The van der Waals surface area contributed by atoms with Crippen LogP contribution in [0.5, 0.6) is 0 Å². The zero-order valence-corrected chi connectivity index (χ0v) is 9.63. The average molecular weight is 226 g/mol. The second kappa shape index (κ2) is 5.89. The van der Waals surface area contributed by atoms with E-state index < -0.39 is 0 Å². The van der Waals surface area contributed by atoms with Crippen LogP contribution in [-0.2, 0) is 11.2 Å². The molecule has 1 unspecified atom stereocenters. The van der Waals surface area contributed by atoms with Crippen molar-refractivity contribution in [2.75, 3.05) is 6.54 Å². The zero-order chi connectivity index (χ0) is 11.3. The van der Waals surface area contributed by atoms with Gasteiger partial charge in [0.15, 0.2) is 0 Å². The van der Waals surface area contributed by atoms with Crippen LogP contribution in [0.4, 0.5) is 0 Å². The monoisotopic (exact) mass is 225 g/mol. The van der Waals surface area contributed by atoms with Gasteiger partial charge in [-0.25, -0.2) is 0 Å². The fourth-order valence-corrected chi connectivity index (χ4v) is 1.62. The number of halogens is 1. The third-order valence-corrected chi connectivity index (χ3v) is 2.84. The summed E-state index contributed by atoms with van der Waals surface area (Å²) in [5, 5.41) is 0.658. The molecule has 0 aliphatic carbocycles. The number of ketones is 1. The lowest BCUT2D eigenvalue weighted by molar-refractivity contribution is -0.121. The molecule has 0 saturated carbocycles. The first kappa shape index (κ1) is 12.2. The van der Waals surface area contributed by atoms with Crippen molar-refractivity contribution >= 4 is 17.4 Å². The predicted octanol–water partition coefficient (Wildman–Crippen LogP) is 2.44. The molecule has 0 radical (unpaired) electrons. The normalized spacial score (nSPS) is 12.5. The van der Waals surface area contributed by atoms with E-state index in [0.717, 1.165) is 12.0 Å². The molecule has 0 amide bonds. The van der Waals surface area contributed by atoms with E-state index in [9.17, 15) is 4.79 Å². The largest absolute Gasteiger partial charge is 0.330 e. The quantitative estimate of drug-likeness (QED) is 0.837. The highest BCUT2D eigenvalue weighted by Crippen LogP contribution is 2.17. The molecule has 2 N–H and O–H groups in total. The van der Waals surface area contributed by atoms with Crippen LogP contribution in [0.25, 0.3) is 0 Å². The SMILES string of the molecule is CC(CCN)C(=O)Cc1ccccc1Cl. The number of nitrogens with two attached hydrogens (primary N) is 1. The highest BCUT2D eigenvalue weighted by molar-refractivity contribution is 6.31. The van der Waals surface area contributed by atoms with Gasteiger partial charge in [-0.3, -0.25) is 4.79 Å². The van der Waals surface area contributed by atoms with Crippen molar-refractivity contribution in [3.8, 4) is 0 Å². The third kappa shape index (κ3) is 3.65. The maximum absolute atomic E-state index is 11.7. The molecule has 1 aromatic carbocycles. The molecule has 0 fully saturated rings. The molecule has 2 nitrogen and oxygen atoms in total. The predicted molar refractivity (Wildman–Crippen MR) is 63.0 cm³/mol. The zero-order valence-electron chi connectivity index (χ0n) is 8.87. The Hall–Kier alpha value is -0.860. The summed E-state index contributed by atoms with van der Waals surface area (Å²) in [6, 6.07) is 7.44. The summed E-state index contributed by atoms with van der Waals surface area (Å²) < 4.78 is 0. The first-order chi connectivity index (χ1) is 7.15. The number of carbonyl (C=O) groups is 1. The van der Waals surface area contributed by atoms with E-state index in [1.54, 1.807) is 6.07 Å².